The number of hydrogen-bond acceptors (Lipinski definition) is 2. The maximum atomic E-state index is 12.4. The molecule has 1 N–H and O–H groups in total. The first-order valence-electron chi connectivity index (χ1n) is 3.77. The van der Waals surface area contributed by atoms with E-state index in [9.17, 15) is 13.2 Å². The molecule has 0 amide bonds. The Morgan fingerprint density at radius 2 is 2.13 bits per heavy atom. The van der Waals surface area contributed by atoms with Crippen molar-refractivity contribution in [1.82, 2.24) is 4.98 Å². The van der Waals surface area contributed by atoms with E-state index in [4.69, 9.17) is 16.7 Å². The van der Waals surface area contributed by atoms with E-state index in [0.717, 1.165) is 6.07 Å². The number of aliphatic hydroxyl groups is 1. The van der Waals surface area contributed by atoms with Crippen molar-refractivity contribution in [3.63, 3.8) is 0 Å². The molecule has 6 heteroatoms. The molecule has 0 aromatic carbocycles. The molecule has 0 atom stereocenters. The number of aromatic nitrogens is 1. The molecule has 0 saturated carbocycles. The lowest BCUT2D eigenvalue weighted by Crippen LogP contribution is -2.08. The zero-order chi connectivity index (χ0) is 11.5. The number of nitrogens with zero attached hydrogens (tertiary/aromatic N) is 1. The molecule has 0 spiro atoms. The lowest BCUT2D eigenvalue weighted by atomic mass is 10.1. The van der Waals surface area contributed by atoms with Gasteiger partial charge in [-0.2, -0.15) is 13.2 Å². The second-order valence-corrected chi connectivity index (χ2v) is 2.90. The van der Waals surface area contributed by atoms with Crippen LogP contribution < -0.4 is 0 Å². The maximum absolute atomic E-state index is 12.4. The summed E-state index contributed by atoms with van der Waals surface area (Å²) in [5.41, 5.74) is -1.26. The Hall–Kier alpha value is -1.25. The Bertz CT molecular complexity index is 420. The molecular formula is C9H5ClF3NO. The van der Waals surface area contributed by atoms with Gasteiger partial charge in [-0.3, -0.25) is 0 Å². The number of pyridine rings is 1. The van der Waals surface area contributed by atoms with Gasteiger partial charge in [0.25, 0.3) is 0 Å². The summed E-state index contributed by atoms with van der Waals surface area (Å²) in [4.78, 5) is 3.33. The fourth-order valence-corrected chi connectivity index (χ4v) is 1.05. The van der Waals surface area contributed by atoms with Crippen LogP contribution in [0.15, 0.2) is 12.3 Å². The summed E-state index contributed by atoms with van der Waals surface area (Å²) in [5, 5.41) is 8.31. The van der Waals surface area contributed by atoms with Crippen LogP contribution in [0.3, 0.4) is 0 Å². The SMILES string of the molecule is OCC#Cc1cc(Cl)ncc1C(F)(F)F. The summed E-state index contributed by atoms with van der Waals surface area (Å²) >= 11 is 5.44. The van der Waals surface area contributed by atoms with E-state index in [1.807, 2.05) is 0 Å². The first-order valence-corrected chi connectivity index (χ1v) is 4.15. The van der Waals surface area contributed by atoms with Crippen LogP contribution in [0.1, 0.15) is 11.1 Å². The van der Waals surface area contributed by atoms with Gasteiger partial charge in [0.1, 0.15) is 11.8 Å². The minimum atomic E-state index is -4.53. The molecule has 0 unspecified atom stereocenters. The molecule has 0 aliphatic heterocycles. The molecule has 0 aliphatic carbocycles. The standard InChI is InChI=1S/C9H5ClF3NO/c10-8-4-6(2-1-3-15)7(5-14-8)9(11,12)13/h4-5,15H,3H2. The van der Waals surface area contributed by atoms with Crippen molar-refractivity contribution in [2.24, 2.45) is 0 Å². The van der Waals surface area contributed by atoms with Crippen LogP contribution in [-0.2, 0) is 6.18 Å². The van der Waals surface area contributed by atoms with Crippen molar-refractivity contribution in [2.45, 2.75) is 6.18 Å². The summed E-state index contributed by atoms with van der Waals surface area (Å²) in [6.45, 7) is -0.517. The van der Waals surface area contributed by atoms with E-state index >= 15 is 0 Å². The molecular weight excluding hydrogens is 231 g/mol. The van der Waals surface area contributed by atoms with Gasteiger partial charge in [-0.1, -0.05) is 23.4 Å². The highest BCUT2D eigenvalue weighted by molar-refractivity contribution is 6.29. The Labute approximate surface area is 88.7 Å². The van der Waals surface area contributed by atoms with E-state index in [2.05, 4.69) is 16.8 Å². The first-order chi connectivity index (χ1) is 6.95. The summed E-state index contributed by atoms with van der Waals surface area (Å²) in [5.74, 6) is 4.29. The quantitative estimate of drug-likeness (QED) is 0.552. The van der Waals surface area contributed by atoms with Gasteiger partial charge in [-0.15, -0.1) is 0 Å². The molecule has 2 nitrogen and oxygen atoms in total. The number of alkyl halides is 3. The smallest absolute Gasteiger partial charge is 0.384 e. The second-order valence-electron chi connectivity index (χ2n) is 2.51. The van der Waals surface area contributed by atoms with Crippen molar-refractivity contribution in [1.29, 1.82) is 0 Å². The Morgan fingerprint density at radius 3 is 2.67 bits per heavy atom. The van der Waals surface area contributed by atoms with Gasteiger partial charge in [-0.25, -0.2) is 4.98 Å². The van der Waals surface area contributed by atoms with Crippen LogP contribution in [0.25, 0.3) is 0 Å². The van der Waals surface area contributed by atoms with E-state index in [-0.39, 0.29) is 10.7 Å². The van der Waals surface area contributed by atoms with Crippen molar-refractivity contribution < 1.29 is 18.3 Å². The Kier molecular flexibility index (Phi) is 3.56. The van der Waals surface area contributed by atoms with Crippen molar-refractivity contribution in [2.75, 3.05) is 6.61 Å². The van der Waals surface area contributed by atoms with Crippen LogP contribution in [0.4, 0.5) is 13.2 Å². The monoisotopic (exact) mass is 235 g/mol. The summed E-state index contributed by atoms with van der Waals surface area (Å²) < 4.78 is 37.2. The van der Waals surface area contributed by atoms with Gasteiger partial charge >= 0.3 is 6.18 Å². The molecule has 0 saturated heterocycles. The molecule has 1 rings (SSSR count). The normalized spacial score (nSPS) is 10.7. The second kappa shape index (κ2) is 4.51. The van der Waals surface area contributed by atoms with Gasteiger partial charge in [-0.05, 0) is 6.07 Å². The van der Waals surface area contributed by atoms with Gasteiger partial charge in [0.05, 0.1) is 5.56 Å². The fourth-order valence-electron chi connectivity index (χ4n) is 0.894. The minimum absolute atomic E-state index is 0.0785. The zero-order valence-electron chi connectivity index (χ0n) is 7.27. The van der Waals surface area contributed by atoms with Crippen LogP contribution in [0.5, 0.6) is 0 Å². The van der Waals surface area contributed by atoms with E-state index in [1.165, 1.54) is 0 Å². The fraction of sp³-hybridized carbons (Fsp3) is 0.222. The highest BCUT2D eigenvalue weighted by Crippen LogP contribution is 2.31. The minimum Gasteiger partial charge on any atom is -0.384 e. The third-order valence-electron chi connectivity index (χ3n) is 1.48. The third kappa shape index (κ3) is 3.11. The third-order valence-corrected chi connectivity index (χ3v) is 1.68. The number of halogens is 4. The van der Waals surface area contributed by atoms with Gasteiger partial charge < -0.3 is 5.11 Å². The zero-order valence-corrected chi connectivity index (χ0v) is 8.02. The summed E-state index contributed by atoms with van der Waals surface area (Å²) in [7, 11) is 0. The summed E-state index contributed by atoms with van der Waals surface area (Å²) in [6, 6.07) is 1.01. The lowest BCUT2D eigenvalue weighted by Gasteiger charge is -2.08. The average Bonchev–Trinajstić information content (AvgIpc) is 2.12. The Morgan fingerprint density at radius 1 is 1.47 bits per heavy atom. The molecule has 15 heavy (non-hydrogen) atoms. The molecule has 0 aliphatic rings. The molecule has 0 radical (unpaired) electrons. The molecule has 80 valence electrons. The lowest BCUT2D eigenvalue weighted by molar-refractivity contribution is -0.138. The van der Waals surface area contributed by atoms with E-state index in [0.29, 0.717) is 6.20 Å². The Balaban J connectivity index is 3.27. The predicted molar refractivity (Wildman–Crippen MR) is 48.2 cm³/mol. The predicted octanol–water partition coefficient (Wildman–Crippen LogP) is 2.10. The molecule has 0 bridgehead atoms. The number of rotatable bonds is 0. The van der Waals surface area contributed by atoms with Crippen LogP contribution >= 0.6 is 11.6 Å². The van der Waals surface area contributed by atoms with E-state index < -0.39 is 18.3 Å². The van der Waals surface area contributed by atoms with Crippen molar-refractivity contribution in [3.05, 3.63) is 28.5 Å². The van der Waals surface area contributed by atoms with Crippen molar-refractivity contribution in [3.8, 4) is 11.8 Å². The largest absolute Gasteiger partial charge is 0.419 e. The van der Waals surface area contributed by atoms with Gasteiger partial charge in [0.15, 0.2) is 0 Å². The van der Waals surface area contributed by atoms with Crippen molar-refractivity contribution >= 4 is 11.6 Å². The molecule has 1 aromatic heterocycles. The van der Waals surface area contributed by atoms with Crippen LogP contribution in [-0.4, -0.2) is 16.7 Å². The first kappa shape index (κ1) is 11.8. The van der Waals surface area contributed by atoms with Gasteiger partial charge in [0, 0.05) is 11.8 Å². The summed E-state index contributed by atoms with van der Waals surface area (Å²) in [6.07, 6.45) is -3.92. The number of hydrogen-bond donors (Lipinski definition) is 1. The number of aliphatic hydroxyl groups excluding tert-OH is 1. The maximum Gasteiger partial charge on any atom is 0.419 e. The molecule has 1 aromatic rings. The molecule has 0 fully saturated rings. The highest BCUT2D eigenvalue weighted by atomic mass is 35.5. The average molecular weight is 236 g/mol. The van der Waals surface area contributed by atoms with E-state index in [1.54, 1.807) is 0 Å². The molecule has 1 heterocycles. The van der Waals surface area contributed by atoms with Crippen LogP contribution in [0.2, 0.25) is 5.15 Å². The van der Waals surface area contributed by atoms with Gasteiger partial charge in [0.2, 0.25) is 0 Å². The topological polar surface area (TPSA) is 33.1 Å². The van der Waals surface area contributed by atoms with Crippen LogP contribution in [0, 0.1) is 11.8 Å². The highest BCUT2D eigenvalue weighted by Gasteiger charge is 2.33.